The average Bonchev–Trinajstić information content (AvgIpc) is 2.66. The van der Waals surface area contributed by atoms with Crippen molar-refractivity contribution in [2.24, 2.45) is 7.05 Å². The quantitative estimate of drug-likeness (QED) is 0.345. The lowest BCUT2D eigenvalue weighted by Crippen LogP contribution is -2.23. The molecule has 21 heavy (non-hydrogen) atoms. The number of aryl methyl sites for hydroxylation is 2. The molecule has 0 amide bonds. The molecule has 1 aromatic rings. The molecule has 0 saturated heterocycles. The van der Waals surface area contributed by atoms with Gasteiger partial charge in [-0.3, -0.25) is 0 Å². The van der Waals surface area contributed by atoms with Gasteiger partial charge in [0.25, 0.3) is 0 Å². The molecule has 1 rings (SSSR count). The van der Waals surface area contributed by atoms with Crippen LogP contribution in [0.3, 0.4) is 0 Å². The van der Waals surface area contributed by atoms with Crippen LogP contribution in [0.2, 0.25) is 0 Å². The first-order chi connectivity index (χ1) is 9.53. The van der Waals surface area contributed by atoms with Gasteiger partial charge in [-0.2, -0.15) is 4.18 Å². The third-order valence-electron chi connectivity index (χ3n) is 2.29. The molecule has 1 heterocycles. The van der Waals surface area contributed by atoms with Crippen molar-refractivity contribution in [1.29, 1.82) is 0 Å². The fraction of sp³-hybridized carbons (Fsp3) is 0.727. The zero-order valence-corrected chi connectivity index (χ0v) is 12.7. The second kappa shape index (κ2) is 9.00. The fourth-order valence-electron chi connectivity index (χ4n) is 1.47. The van der Waals surface area contributed by atoms with Gasteiger partial charge in [-0.25, -0.2) is 17.6 Å². The van der Waals surface area contributed by atoms with E-state index in [1.165, 1.54) is 32.2 Å². The lowest BCUT2D eigenvalue weighted by atomic mass is 10.2. The number of halogens is 3. The van der Waals surface area contributed by atoms with Crippen LogP contribution in [-0.4, -0.2) is 23.9 Å². The summed E-state index contributed by atoms with van der Waals surface area (Å²) in [6.45, 7) is 3.41. The number of imidazole rings is 1. The molecule has 0 aliphatic heterocycles. The highest BCUT2D eigenvalue weighted by Crippen LogP contribution is 2.17. The molecule has 0 spiro atoms. The normalized spacial score (nSPS) is 11.9. The number of alkyl halides is 3. The molecule has 0 atom stereocenters. The molecule has 10 heteroatoms. The lowest BCUT2D eigenvalue weighted by Gasteiger charge is -2.08. The van der Waals surface area contributed by atoms with Crippen LogP contribution in [0.5, 0.6) is 0 Å². The molecule has 0 fully saturated rings. The molecule has 0 unspecified atom stereocenters. The Morgan fingerprint density at radius 1 is 1.29 bits per heavy atom. The summed E-state index contributed by atoms with van der Waals surface area (Å²) in [5.74, 6) is 0. The Kier molecular flexibility index (Phi) is 8.52. The lowest BCUT2D eigenvalue weighted by molar-refractivity contribution is -0.671. The van der Waals surface area contributed by atoms with Gasteiger partial charge in [-0.05, 0) is 12.8 Å². The van der Waals surface area contributed by atoms with E-state index < -0.39 is 16.8 Å². The molecule has 124 valence electrons. The fourth-order valence-corrected chi connectivity index (χ4v) is 1.70. The highest BCUT2D eigenvalue weighted by Gasteiger charge is 2.32. The van der Waals surface area contributed by atoms with Crippen molar-refractivity contribution in [2.45, 2.75) is 45.5 Å². The standard InChI is InChI=1S/C10H19N2.CHF3O4S/c1-3-4-5-6-7-12-9-8-11(2)10-12;2-1(3,4)8-9(5,6)7/h8-10H,3-7H2,1-2H3;(H,5,6,7)/q+1;/p-1. The van der Waals surface area contributed by atoms with Gasteiger partial charge >= 0.3 is 6.36 Å². The summed E-state index contributed by atoms with van der Waals surface area (Å²) in [6.07, 6.45) is 6.28. The first kappa shape index (κ1) is 19.9. The largest absolute Gasteiger partial charge is 0.725 e. The van der Waals surface area contributed by atoms with E-state index in [1.807, 2.05) is 4.18 Å². The summed E-state index contributed by atoms with van der Waals surface area (Å²) in [5, 5.41) is 0. The summed E-state index contributed by atoms with van der Waals surface area (Å²) in [4.78, 5) is 0. The Labute approximate surface area is 122 Å². The van der Waals surface area contributed by atoms with Crippen molar-refractivity contribution in [2.75, 3.05) is 0 Å². The van der Waals surface area contributed by atoms with Crippen LogP contribution in [-0.2, 0) is 28.2 Å². The van der Waals surface area contributed by atoms with Crippen LogP contribution in [0, 0.1) is 0 Å². The molecule has 0 aromatic carbocycles. The van der Waals surface area contributed by atoms with Gasteiger partial charge in [0.2, 0.25) is 16.7 Å². The molecule has 6 nitrogen and oxygen atoms in total. The summed E-state index contributed by atoms with van der Waals surface area (Å²) in [7, 11) is -3.60. The van der Waals surface area contributed by atoms with Crippen LogP contribution >= 0.6 is 0 Å². The van der Waals surface area contributed by atoms with Crippen molar-refractivity contribution in [3.63, 3.8) is 0 Å². The van der Waals surface area contributed by atoms with Gasteiger partial charge in [0.1, 0.15) is 12.4 Å². The minimum absolute atomic E-state index is 1.17. The molecule has 1 aromatic heterocycles. The minimum atomic E-state index is -5.66. The smallest absolute Gasteiger partial charge is 0.536 e. The van der Waals surface area contributed by atoms with Crippen LogP contribution in [0.1, 0.15) is 32.6 Å². The Morgan fingerprint density at radius 2 is 1.90 bits per heavy atom. The maximum Gasteiger partial charge on any atom is 0.536 e. The number of aromatic nitrogens is 2. The first-order valence-electron chi connectivity index (χ1n) is 6.27. The molecular formula is C11H19F3N2O4S. The maximum absolute atomic E-state index is 10.8. The van der Waals surface area contributed by atoms with Crippen LogP contribution < -0.4 is 4.57 Å². The maximum atomic E-state index is 10.8. The summed E-state index contributed by atoms with van der Waals surface area (Å²) < 4.78 is 66.1. The van der Waals surface area contributed by atoms with Gasteiger partial charge in [-0.1, -0.05) is 19.8 Å². The van der Waals surface area contributed by atoms with Crippen molar-refractivity contribution in [3.8, 4) is 0 Å². The summed E-state index contributed by atoms with van der Waals surface area (Å²) in [5.41, 5.74) is 0. The molecular weight excluding hydrogens is 313 g/mol. The summed E-state index contributed by atoms with van der Waals surface area (Å²) in [6, 6.07) is 0. The number of nitrogens with zero attached hydrogens (tertiary/aromatic N) is 2. The Bertz CT molecular complexity index is 500. The number of unbranched alkanes of at least 4 members (excludes halogenated alkanes) is 3. The van der Waals surface area contributed by atoms with Gasteiger partial charge in [0.15, 0.2) is 0 Å². The minimum Gasteiger partial charge on any atom is -0.725 e. The van der Waals surface area contributed by atoms with Gasteiger partial charge in [-0.15, -0.1) is 13.2 Å². The van der Waals surface area contributed by atoms with Crippen LogP contribution in [0.15, 0.2) is 18.7 Å². The molecule has 0 radical (unpaired) electrons. The van der Waals surface area contributed by atoms with E-state index in [-0.39, 0.29) is 0 Å². The Balaban J connectivity index is 0.000000400. The monoisotopic (exact) mass is 332 g/mol. The molecule has 0 aliphatic carbocycles. The highest BCUT2D eigenvalue weighted by atomic mass is 32.3. The van der Waals surface area contributed by atoms with Gasteiger partial charge < -0.3 is 4.55 Å². The number of rotatable bonds is 6. The summed E-state index contributed by atoms with van der Waals surface area (Å²) >= 11 is 0. The zero-order valence-electron chi connectivity index (χ0n) is 11.8. The second-order valence-corrected chi connectivity index (χ2v) is 5.30. The Hall–Kier alpha value is -1.13. The third kappa shape index (κ3) is 13.6. The van der Waals surface area contributed by atoms with E-state index in [1.54, 1.807) is 0 Å². The molecule has 0 aliphatic rings. The van der Waals surface area contributed by atoms with Crippen molar-refractivity contribution in [3.05, 3.63) is 18.7 Å². The van der Waals surface area contributed by atoms with E-state index in [9.17, 15) is 13.2 Å². The average molecular weight is 332 g/mol. The van der Waals surface area contributed by atoms with Gasteiger partial charge in [0.05, 0.1) is 13.6 Å². The van der Waals surface area contributed by atoms with E-state index in [2.05, 4.69) is 41.8 Å². The van der Waals surface area contributed by atoms with Crippen molar-refractivity contribution < 1.29 is 34.9 Å². The van der Waals surface area contributed by atoms with E-state index in [0.717, 1.165) is 0 Å². The van der Waals surface area contributed by atoms with Crippen molar-refractivity contribution in [1.82, 2.24) is 4.57 Å². The third-order valence-corrected chi connectivity index (χ3v) is 2.68. The number of hydrogen-bond acceptors (Lipinski definition) is 4. The highest BCUT2D eigenvalue weighted by molar-refractivity contribution is 7.80. The van der Waals surface area contributed by atoms with E-state index in [0.29, 0.717) is 0 Å². The Morgan fingerprint density at radius 3 is 2.24 bits per heavy atom. The van der Waals surface area contributed by atoms with E-state index in [4.69, 9.17) is 13.0 Å². The SMILES string of the molecule is CCCCCCn1cc[n+](C)c1.O=S(=O)([O-])OC(F)(F)F. The van der Waals surface area contributed by atoms with Gasteiger partial charge in [0, 0.05) is 0 Å². The predicted octanol–water partition coefficient (Wildman–Crippen LogP) is 1.88. The second-order valence-electron chi connectivity index (χ2n) is 4.31. The van der Waals surface area contributed by atoms with Crippen LogP contribution in [0.4, 0.5) is 13.2 Å². The topological polar surface area (TPSA) is 75.2 Å². The van der Waals surface area contributed by atoms with Crippen molar-refractivity contribution >= 4 is 10.4 Å². The molecule has 0 bridgehead atoms. The number of hydrogen-bond donors (Lipinski definition) is 0. The first-order valence-corrected chi connectivity index (χ1v) is 7.61. The molecule has 0 saturated carbocycles. The van der Waals surface area contributed by atoms with E-state index >= 15 is 0 Å². The predicted molar refractivity (Wildman–Crippen MR) is 66.6 cm³/mol. The zero-order chi connectivity index (χ0) is 16.5. The molecule has 0 N–H and O–H groups in total. The van der Waals surface area contributed by atoms with Crippen LogP contribution in [0.25, 0.3) is 0 Å².